The molecule has 13 nitrogen and oxygen atoms in total. The number of carbonyl (C=O) groups excluding carboxylic acids is 3. The molecule has 1 spiro atoms. The average Bonchev–Trinajstić information content (AvgIpc) is 3.59. The van der Waals surface area contributed by atoms with Crippen LogP contribution in [0.1, 0.15) is 30.5 Å². The van der Waals surface area contributed by atoms with E-state index in [2.05, 4.69) is 21.7 Å². The summed E-state index contributed by atoms with van der Waals surface area (Å²) in [5.41, 5.74) is 0.739. The Bertz CT molecular complexity index is 1500. The van der Waals surface area contributed by atoms with Crippen molar-refractivity contribution in [3.63, 3.8) is 0 Å². The van der Waals surface area contributed by atoms with Gasteiger partial charge in [-0.25, -0.2) is 4.99 Å². The van der Waals surface area contributed by atoms with Crippen LogP contribution >= 0.6 is 0 Å². The van der Waals surface area contributed by atoms with Gasteiger partial charge in [0.25, 0.3) is 5.56 Å². The van der Waals surface area contributed by atoms with Gasteiger partial charge in [-0.2, -0.15) is 9.78 Å². The molecule has 1 atom stereocenters. The molecule has 2 aromatic rings. The molecule has 3 saturated heterocycles. The average molecular weight is 578 g/mol. The van der Waals surface area contributed by atoms with Crippen molar-refractivity contribution in [3.8, 4) is 0 Å². The summed E-state index contributed by atoms with van der Waals surface area (Å²) in [4.78, 5) is 62.3. The highest BCUT2D eigenvalue weighted by Gasteiger charge is 2.49. The minimum absolute atomic E-state index is 0.0220. The number of ether oxygens (including phenoxy) is 2. The maximum Gasteiger partial charge on any atom is 0.282 e. The zero-order chi connectivity index (χ0) is 29.3. The van der Waals surface area contributed by atoms with Gasteiger partial charge in [-0.1, -0.05) is 18.2 Å². The second kappa shape index (κ2) is 11.7. The Morgan fingerprint density at radius 1 is 1.07 bits per heavy atom. The highest BCUT2D eigenvalue weighted by Crippen LogP contribution is 2.42. The van der Waals surface area contributed by atoms with Crippen molar-refractivity contribution >= 4 is 30.5 Å². The third kappa shape index (κ3) is 4.91. The Balaban J connectivity index is 1.24. The molecule has 0 N–H and O–H groups in total. The summed E-state index contributed by atoms with van der Waals surface area (Å²) in [6, 6.07) is 9.37. The smallest absolute Gasteiger partial charge is 0.282 e. The number of benzene rings is 1. The summed E-state index contributed by atoms with van der Waals surface area (Å²) in [5.74, 6) is -1.09. The standard InChI is InChI=1S/C29H35N7O6/c1-30-36-27(40)24-23(35(13-16-37)28(36)31-20-32-14-17-41-18-15-32)19-42-29(24)8-11-33(12-9-29)25(38)22-7-10-34(26(22)39)21-5-3-2-4-6-21/h2-6,16,22H,1,7-15,17-20H2/b31-28-. The molecule has 0 bridgehead atoms. The molecule has 1 unspecified atom stereocenters. The number of hydrogen-bond donors (Lipinski definition) is 0. The number of anilines is 1. The monoisotopic (exact) mass is 577 g/mol. The molecule has 3 fully saturated rings. The lowest BCUT2D eigenvalue weighted by atomic mass is 9.85. The maximum absolute atomic E-state index is 13.9. The summed E-state index contributed by atoms with van der Waals surface area (Å²) in [7, 11) is 0. The van der Waals surface area contributed by atoms with Crippen molar-refractivity contribution in [2.24, 2.45) is 16.0 Å². The summed E-state index contributed by atoms with van der Waals surface area (Å²) < 4.78 is 14.6. The molecule has 6 rings (SSSR count). The van der Waals surface area contributed by atoms with E-state index >= 15 is 0 Å². The van der Waals surface area contributed by atoms with Gasteiger partial charge < -0.3 is 28.6 Å². The van der Waals surface area contributed by atoms with Crippen molar-refractivity contribution < 1.29 is 23.9 Å². The molecule has 0 aliphatic carbocycles. The van der Waals surface area contributed by atoms with E-state index in [1.807, 2.05) is 30.3 Å². The highest BCUT2D eigenvalue weighted by molar-refractivity contribution is 6.09. The van der Waals surface area contributed by atoms with Crippen molar-refractivity contribution in [1.29, 1.82) is 0 Å². The first-order chi connectivity index (χ1) is 20.5. The summed E-state index contributed by atoms with van der Waals surface area (Å²) >= 11 is 0. The Morgan fingerprint density at radius 2 is 1.81 bits per heavy atom. The summed E-state index contributed by atoms with van der Waals surface area (Å²) in [6.07, 6.45) is 1.99. The molecular weight excluding hydrogens is 542 g/mol. The zero-order valence-electron chi connectivity index (χ0n) is 23.5. The van der Waals surface area contributed by atoms with E-state index in [1.54, 1.807) is 14.4 Å². The Kier molecular flexibility index (Phi) is 7.88. The van der Waals surface area contributed by atoms with E-state index in [-0.39, 0.29) is 36.1 Å². The number of rotatable bonds is 7. The predicted octanol–water partition coefficient (Wildman–Crippen LogP) is -0.0962. The van der Waals surface area contributed by atoms with Gasteiger partial charge >= 0.3 is 0 Å². The molecule has 4 aliphatic rings. The molecule has 1 aromatic heterocycles. The van der Waals surface area contributed by atoms with Crippen LogP contribution in [0.4, 0.5) is 5.69 Å². The third-order valence-electron chi connectivity index (χ3n) is 8.76. The number of fused-ring (bicyclic) bond motifs is 2. The molecular formula is C29H35N7O6. The van der Waals surface area contributed by atoms with Crippen molar-refractivity contribution in [1.82, 2.24) is 19.0 Å². The van der Waals surface area contributed by atoms with Crippen molar-refractivity contribution in [2.75, 3.05) is 57.5 Å². The van der Waals surface area contributed by atoms with Gasteiger partial charge in [0.1, 0.15) is 17.8 Å². The second-order valence-corrected chi connectivity index (χ2v) is 11.0. The molecule has 5 heterocycles. The molecule has 222 valence electrons. The van der Waals surface area contributed by atoms with E-state index < -0.39 is 11.5 Å². The number of piperidine rings is 1. The maximum atomic E-state index is 13.9. The van der Waals surface area contributed by atoms with Gasteiger partial charge in [0.15, 0.2) is 0 Å². The van der Waals surface area contributed by atoms with Crippen LogP contribution in [0.5, 0.6) is 0 Å². The zero-order valence-corrected chi connectivity index (χ0v) is 23.5. The fourth-order valence-electron chi connectivity index (χ4n) is 6.51. The molecule has 1 aromatic carbocycles. The van der Waals surface area contributed by atoms with Crippen LogP contribution in [0.3, 0.4) is 0 Å². The van der Waals surface area contributed by atoms with Gasteiger partial charge in [0.2, 0.25) is 17.4 Å². The quantitative estimate of drug-likeness (QED) is 0.255. The lowest BCUT2D eigenvalue weighted by molar-refractivity contribution is -0.145. The largest absolute Gasteiger partial charge is 0.379 e. The number of aromatic nitrogens is 2. The fourth-order valence-corrected chi connectivity index (χ4v) is 6.51. The first kappa shape index (κ1) is 28.2. The summed E-state index contributed by atoms with van der Waals surface area (Å²) in [5, 5.41) is 3.99. The lowest BCUT2D eigenvalue weighted by Gasteiger charge is -2.39. The van der Waals surface area contributed by atoms with Crippen LogP contribution < -0.4 is 16.1 Å². The molecule has 0 radical (unpaired) electrons. The van der Waals surface area contributed by atoms with Crippen LogP contribution in [0.2, 0.25) is 0 Å². The Morgan fingerprint density at radius 3 is 2.50 bits per heavy atom. The van der Waals surface area contributed by atoms with Crippen LogP contribution in [0, 0.1) is 5.92 Å². The molecule has 42 heavy (non-hydrogen) atoms. The number of para-hydroxylation sites is 1. The Labute approximate surface area is 242 Å². The topological polar surface area (TPSA) is 131 Å². The molecule has 2 amide bonds. The number of morpholine rings is 1. The minimum atomic E-state index is -0.932. The molecule has 4 aliphatic heterocycles. The first-order valence-corrected chi connectivity index (χ1v) is 14.4. The Hall–Kier alpha value is -3.94. The fraction of sp³-hybridized carbons (Fsp3) is 0.517. The van der Waals surface area contributed by atoms with Crippen molar-refractivity contribution in [3.05, 3.63) is 57.6 Å². The van der Waals surface area contributed by atoms with Crippen LogP contribution in [-0.4, -0.2) is 96.5 Å². The summed E-state index contributed by atoms with van der Waals surface area (Å²) in [6.45, 7) is 7.86. The van der Waals surface area contributed by atoms with Crippen molar-refractivity contribution in [2.45, 2.75) is 38.0 Å². The van der Waals surface area contributed by atoms with Crippen LogP contribution in [0.15, 0.2) is 45.2 Å². The number of amides is 2. The number of hydrogen-bond acceptors (Lipinski definition) is 9. The second-order valence-electron chi connectivity index (χ2n) is 11.0. The number of aldehydes is 1. The van der Waals surface area contributed by atoms with E-state index in [0.717, 1.165) is 16.6 Å². The number of nitrogens with zero attached hydrogens (tertiary/aromatic N) is 7. The van der Waals surface area contributed by atoms with Gasteiger partial charge in [-0.3, -0.25) is 19.3 Å². The van der Waals surface area contributed by atoms with Gasteiger partial charge in [0, 0.05) is 45.1 Å². The first-order valence-electron chi connectivity index (χ1n) is 14.4. The number of carbonyl (C=O) groups is 3. The normalized spacial score (nSPS) is 22.5. The van der Waals surface area contributed by atoms with E-state index in [1.165, 1.54) is 0 Å². The lowest BCUT2D eigenvalue weighted by Crippen LogP contribution is -2.51. The van der Waals surface area contributed by atoms with Gasteiger partial charge in [-0.15, -0.1) is 0 Å². The van der Waals surface area contributed by atoms with Gasteiger partial charge in [0.05, 0.1) is 44.3 Å². The SMILES string of the molecule is C=Nn1c(=O)c2c(n(CC=O)/c1=N/CN1CCOCC1)COC21CCN(C(=O)C2CCN(c3ccccc3)C2=O)CC1. The van der Waals surface area contributed by atoms with Crippen LogP contribution in [-0.2, 0) is 42.6 Å². The van der Waals surface area contributed by atoms with E-state index in [0.29, 0.717) is 83.1 Å². The third-order valence-corrected chi connectivity index (χ3v) is 8.76. The highest BCUT2D eigenvalue weighted by atomic mass is 16.5. The predicted molar refractivity (Wildman–Crippen MR) is 152 cm³/mol. The van der Waals surface area contributed by atoms with Gasteiger partial charge in [-0.05, 0) is 31.4 Å². The molecule has 13 heteroatoms. The number of likely N-dealkylation sites (tertiary alicyclic amines) is 1. The molecule has 0 saturated carbocycles. The van der Waals surface area contributed by atoms with E-state index in [9.17, 15) is 19.2 Å². The van der Waals surface area contributed by atoms with E-state index in [4.69, 9.17) is 9.47 Å². The van der Waals surface area contributed by atoms with Crippen LogP contribution in [0.25, 0.3) is 0 Å². The minimum Gasteiger partial charge on any atom is -0.379 e.